The van der Waals surface area contributed by atoms with E-state index >= 15 is 0 Å². The van der Waals surface area contributed by atoms with Crippen LogP contribution >= 0.6 is 15.9 Å². The Morgan fingerprint density at radius 2 is 2.42 bits per heavy atom. The Hall–Kier alpha value is -0.380. The number of benzene rings is 1. The average Bonchev–Trinajstić information content (AvgIpc) is 2.46. The Morgan fingerprint density at radius 1 is 1.58 bits per heavy atom. The van der Waals surface area contributed by atoms with Gasteiger partial charge >= 0.3 is 0 Å². The zero-order chi connectivity index (χ0) is 8.55. The maximum absolute atomic E-state index is 5.50. The van der Waals surface area contributed by atoms with Crippen LogP contribution in [0.2, 0.25) is 0 Å². The van der Waals surface area contributed by atoms with Crippen LogP contribution in [0, 0.1) is 0 Å². The number of hydrogen-bond donors (Lipinski definition) is 1. The highest BCUT2D eigenvalue weighted by Crippen LogP contribution is 2.30. The first-order valence-electron chi connectivity index (χ1n) is 3.88. The molecule has 1 atom stereocenters. The Balaban J connectivity index is 2.40. The molecule has 1 heterocycles. The topological polar surface area (TPSA) is 21.3 Å². The molecule has 2 nitrogen and oxygen atoms in total. The summed E-state index contributed by atoms with van der Waals surface area (Å²) in [6.07, 6.45) is 0.0769. The molecule has 0 aromatic heterocycles. The molecule has 0 spiro atoms. The van der Waals surface area contributed by atoms with Gasteiger partial charge in [0.1, 0.15) is 6.23 Å². The smallest absolute Gasteiger partial charge is 0.134 e. The van der Waals surface area contributed by atoms with E-state index in [0.717, 1.165) is 4.47 Å². The van der Waals surface area contributed by atoms with Crippen molar-refractivity contribution in [3.05, 3.63) is 33.8 Å². The zero-order valence-corrected chi connectivity index (χ0v) is 8.39. The number of fused-ring (bicyclic) bond motifs is 1. The molecule has 0 fully saturated rings. The van der Waals surface area contributed by atoms with Gasteiger partial charge in [0.25, 0.3) is 0 Å². The summed E-state index contributed by atoms with van der Waals surface area (Å²) in [7, 11) is 1.90. The van der Waals surface area contributed by atoms with Gasteiger partial charge in [0, 0.05) is 10.0 Å². The molecular weight excluding hydrogens is 218 g/mol. The second kappa shape index (κ2) is 3.17. The van der Waals surface area contributed by atoms with Crippen LogP contribution in [0.4, 0.5) is 0 Å². The lowest BCUT2D eigenvalue weighted by atomic mass is 10.1. The van der Waals surface area contributed by atoms with Crippen molar-refractivity contribution in [2.24, 2.45) is 0 Å². The van der Waals surface area contributed by atoms with Crippen molar-refractivity contribution in [1.29, 1.82) is 0 Å². The molecule has 1 aromatic rings. The van der Waals surface area contributed by atoms with Gasteiger partial charge in [-0.2, -0.15) is 0 Å². The molecule has 1 aliphatic heterocycles. The normalized spacial score (nSPS) is 21.0. The van der Waals surface area contributed by atoms with Crippen LogP contribution in [0.25, 0.3) is 0 Å². The summed E-state index contributed by atoms with van der Waals surface area (Å²) < 4.78 is 6.61. The molecule has 0 saturated carbocycles. The lowest BCUT2D eigenvalue weighted by Gasteiger charge is -2.08. The molecule has 1 unspecified atom stereocenters. The molecule has 0 bridgehead atoms. The van der Waals surface area contributed by atoms with Gasteiger partial charge in [-0.15, -0.1) is 0 Å². The van der Waals surface area contributed by atoms with E-state index in [0.29, 0.717) is 6.61 Å². The molecule has 1 aliphatic rings. The highest BCUT2D eigenvalue weighted by atomic mass is 79.9. The van der Waals surface area contributed by atoms with E-state index in [9.17, 15) is 0 Å². The third kappa shape index (κ3) is 1.28. The quantitative estimate of drug-likeness (QED) is 0.795. The van der Waals surface area contributed by atoms with Crippen molar-refractivity contribution in [3.63, 3.8) is 0 Å². The van der Waals surface area contributed by atoms with Gasteiger partial charge in [-0.05, 0) is 24.7 Å². The van der Waals surface area contributed by atoms with E-state index in [1.807, 2.05) is 13.1 Å². The molecule has 2 rings (SSSR count). The van der Waals surface area contributed by atoms with Crippen LogP contribution in [0.15, 0.2) is 22.7 Å². The molecule has 12 heavy (non-hydrogen) atoms. The predicted octanol–water partition coefficient (Wildman–Crippen LogP) is 2.20. The second-order valence-corrected chi connectivity index (χ2v) is 3.74. The largest absolute Gasteiger partial charge is 0.354 e. The van der Waals surface area contributed by atoms with Gasteiger partial charge in [0.05, 0.1) is 6.61 Å². The van der Waals surface area contributed by atoms with Crippen LogP contribution < -0.4 is 5.32 Å². The molecule has 0 saturated heterocycles. The van der Waals surface area contributed by atoms with E-state index in [1.165, 1.54) is 11.1 Å². The second-order valence-electron chi connectivity index (χ2n) is 2.82. The van der Waals surface area contributed by atoms with Crippen LogP contribution in [0.1, 0.15) is 17.4 Å². The third-order valence-corrected chi connectivity index (χ3v) is 2.55. The first-order chi connectivity index (χ1) is 5.81. The van der Waals surface area contributed by atoms with Gasteiger partial charge in [0.2, 0.25) is 0 Å². The Kier molecular flexibility index (Phi) is 2.17. The number of hydrogen-bond acceptors (Lipinski definition) is 2. The SMILES string of the molecule is CNC1OCc2cc(Br)ccc21. The lowest BCUT2D eigenvalue weighted by Crippen LogP contribution is -2.14. The summed E-state index contributed by atoms with van der Waals surface area (Å²) in [5, 5.41) is 3.10. The van der Waals surface area contributed by atoms with Crippen molar-refractivity contribution in [2.75, 3.05) is 7.05 Å². The fraction of sp³-hybridized carbons (Fsp3) is 0.333. The number of ether oxygens (including phenoxy) is 1. The third-order valence-electron chi connectivity index (χ3n) is 2.06. The van der Waals surface area contributed by atoms with Crippen LogP contribution in [-0.2, 0) is 11.3 Å². The van der Waals surface area contributed by atoms with Crippen LogP contribution in [0.3, 0.4) is 0 Å². The van der Waals surface area contributed by atoms with E-state index in [1.54, 1.807) is 0 Å². The molecular formula is C9H10BrNO. The van der Waals surface area contributed by atoms with Gasteiger partial charge in [-0.25, -0.2) is 0 Å². The van der Waals surface area contributed by atoms with Crippen LogP contribution in [0.5, 0.6) is 0 Å². The molecule has 1 aromatic carbocycles. The monoisotopic (exact) mass is 227 g/mol. The summed E-state index contributed by atoms with van der Waals surface area (Å²) in [6, 6.07) is 6.23. The Morgan fingerprint density at radius 3 is 3.17 bits per heavy atom. The first kappa shape index (κ1) is 8.23. The minimum absolute atomic E-state index is 0.0769. The van der Waals surface area contributed by atoms with E-state index in [-0.39, 0.29) is 6.23 Å². The van der Waals surface area contributed by atoms with Gasteiger partial charge in [0.15, 0.2) is 0 Å². The first-order valence-corrected chi connectivity index (χ1v) is 4.68. The molecule has 3 heteroatoms. The standard InChI is InChI=1S/C9H10BrNO/c1-11-9-8-3-2-7(10)4-6(8)5-12-9/h2-4,9,11H,5H2,1H3. The maximum Gasteiger partial charge on any atom is 0.134 e. The maximum atomic E-state index is 5.50. The molecule has 0 radical (unpaired) electrons. The number of halogens is 1. The summed E-state index contributed by atoms with van der Waals surface area (Å²) >= 11 is 3.43. The van der Waals surface area contributed by atoms with Crippen molar-refractivity contribution in [2.45, 2.75) is 12.8 Å². The summed E-state index contributed by atoms with van der Waals surface area (Å²) in [6.45, 7) is 0.709. The minimum Gasteiger partial charge on any atom is -0.354 e. The van der Waals surface area contributed by atoms with Crippen molar-refractivity contribution < 1.29 is 4.74 Å². The molecule has 0 amide bonds. The van der Waals surface area contributed by atoms with Crippen molar-refractivity contribution >= 4 is 15.9 Å². The van der Waals surface area contributed by atoms with E-state index in [2.05, 4.69) is 33.4 Å². The summed E-state index contributed by atoms with van der Waals surface area (Å²) in [4.78, 5) is 0. The summed E-state index contributed by atoms with van der Waals surface area (Å²) in [5.41, 5.74) is 2.52. The van der Waals surface area contributed by atoms with Crippen LogP contribution in [-0.4, -0.2) is 7.05 Å². The molecule has 1 N–H and O–H groups in total. The van der Waals surface area contributed by atoms with E-state index < -0.39 is 0 Å². The Labute approximate surface area is 80.1 Å². The van der Waals surface area contributed by atoms with Gasteiger partial charge in [-0.3, -0.25) is 5.32 Å². The predicted molar refractivity (Wildman–Crippen MR) is 50.7 cm³/mol. The van der Waals surface area contributed by atoms with Gasteiger partial charge in [-0.1, -0.05) is 22.0 Å². The fourth-order valence-corrected chi connectivity index (χ4v) is 1.87. The fourth-order valence-electron chi connectivity index (χ4n) is 1.46. The minimum atomic E-state index is 0.0769. The molecule has 64 valence electrons. The lowest BCUT2D eigenvalue weighted by molar-refractivity contribution is 0.0474. The average molecular weight is 228 g/mol. The number of nitrogens with one attached hydrogen (secondary N) is 1. The Bertz CT molecular complexity index is 301. The highest BCUT2D eigenvalue weighted by Gasteiger charge is 2.20. The van der Waals surface area contributed by atoms with Crippen molar-refractivity contribution in [3.8, 4) is 0 Å². The van der Waals surface area contributed by atoms with Gasteiger partial charge < -0.3 is 4.74 Å². The number of rotatable bonds is 1. The molecule has 0 aliphatic carbocycles. The zero-order valence-electron chi connectivity index (χ0n) is 6.80. The summed E-state index contributed by atoms with van der Waals surface area (Å²) in [5.74, 6) is 0. The van der Waals surface area contributed by atoms with E-state index in [4.69, 9.17) is 4.74 Å². The highest BCUT2D eigenvalue weighted by molar-refractivity contribution is 9.10. The van der Waals surface area contributed by atoms with Crippen molar-refractivity contribution in [1.82, 2.24) is 5.32 Å².